The third kappa shape index (κ3) is 4.41. The average Bonchev–Trinajstić information content (AvgIpc) is 3.05. The number of carbonyl (C=O) groups is 1. The lowest BCUT2D eigenvalue weighted by Gasteiger charge is -2.31. The Labute approximate surface area is 165 Å². The van der Waals surface area contributed by atoms with Gasteiger partial charge in [-0.05, 0) is 6.07 Å². The topological polar surface area (TPSA) is 60.2 Å². The molecular weight excluding hydrogens is 359 g/mol. The zero-order chi connectivity index (χ0) is 20.5. The fraction of sp³-hybridized carbons (Fsp3) is 0.571. The normalized spacial score (nSPS) is 16.8. The second-order valence-corrected chi connectivity index (χ2v) is 8.75. The van der Waals surface area contributed by atoms with E-state index in [0.29, 0.717) is 37.3 Å². The van der Waals surface area contributed by atoms with Gasteiger partial charge in [-0.2, -0.15) is 0 Å². The first kappa shape index (κ1) is 20.5. The van der Waals surface area contributed by atoms with E-state index in [-0.39, 0.29) is 17.9 Å². The average molecular weight is 388 g/mol. The van der Waals surface area contributed by atoms with Gasteiger partial charge in [-0.15, -0.1) is 0 Å². The van der Waals surface area contributed by atoms with Gasteiger partial charge in [0.05, 0.1) is 17.8 Å². The first-order valence-electron chi connectivity index (χ1n) is 9.60. The van der Waals surface area contributed by atoms with Gasteiger partial charge in [0.15, 0.2) is 0 Å². The predicted molar refractivity (Wildman–Crippen MR) is 106 cm³/mol. The highest BCUT2D eigenvalue weighted by Crippen LogP contribution is 2.32. The van der Waals surface area contributed by atoms with E-state index in [1.807, 2.05) is 10.8 Å². The molecule has 3 heterocycles. The molecule has 0 aliphatic carbocycles. The van der Waals surface area contributed by atoms with Crippen molar-refractivity contribution in [2.24, 2.45) is 0 Å². The van der Waals surface area contributed by atoms with Crippen LogP contribution in [0, 0.1) is 0 Å². The van der Waals surface area contributed by atoms with Crippen LogP contribution in [0.4, 0.5) is 4.39 Å². The molecule has 152 valence electrons. The fourth-order valence-electron chi connectivity index (χ4n) is 3.43. The summed E-state index contributed by atoms with van der Waals surface area (Å²) in [5.74, 6) is 0.699. The summed E-state index contributed by atoms with van der Waals surface area (Å²) in [6, 6.07) is 1.79. The van der Waals surface area contributed by atoms with Crippen molar-refractivity contribution in [3.8, 4) is 11.3 Å². The Kier molecular flexibility index (Phi) is 5.57. The molecule has 2 aromatic rings. The smallest absolute Gasteiger partial charge is 0.254 e. The number of pyridine rings is 1. The second kappa shape index (κ2) is 7.62. The maximum absolute atomic E-state index is 15.3. The zero-order valence-electron chi connectivity index (χ0n) is 17.3. The highest BCUT2D eigenvalue weighted by atomic mass is 19.1. The minimum Gasteiger partial charge on any atom is -0.381 e. The minimum atomic E-state index is -1.29. The van der Waals surface area contributed by atoms with Crippen molar-refractivity contribution in [2.75, 3.05) is 27.3 Å². The number of carbonyl (C=O) groups excluding carboxylic acids is 1. The molecule has 0 radical (unpaired) electrons. The molecule has 0 spiro atoms. The lowest BCUT2D eigenvalue weighted by atomic mass is 9.93. The van der Waals surface area contributed by atoms with Gasteiger partial charge < -0.3 is 14.2 Å². The SMILES string of the molecule is CN(C)C(=O)c1cncc(-c2cn(CC3(F)CCOCC3)c(C(C)(C)C)n2)c1. The molecule has 0 atom stereocenters. The van der Waals surface area contributed by atoms with E-state index >= 15 is 4.39 Å². The second-order valence-electron chi connectivity index (χ2n) is 8.75. The summed E-state index contributed by atoms with van der Waals surface area (Å²) in [5.41, 5.74) is 0.403. The Morgan fingerprint density at radius 2 is 1.96 bits per heavy atom. The molecule has 1 aliphatic heterocycles. The van der Waals surface area contributed by atoms with Crippen molar-refractivity contribution in [2.45, 2.75) is 51.2 Å². The zero-order valence-corrected chi connectivity index (χ0v) is 17.3. The van der Waals surface area contributed by atoms with Gasteiger partial charge in [0.25, 0.3) is 5.91 Å². The Balaban J connectivity index is 1.98. The van der Waals surface area contributed by atoms with Crippen LogP contribution in [0.2, 0.25) is 0 Å². The van der Waals surface area contributed by atoms with Crippen LogP contribution < -0.4 is 0 Å². The number of aromatic nitrogens is 3. The van der Waals surface area contributed by atoms with E-state index in [1.54, 1.807) is 32.6 Å². The maximum Gasteiger partial charge on any atom is 0.254 e. The van der Waals surface area contributed by atoms with Crippen LogP contribution in [0.3, 0.4) is 0 Å². The van der Waals surface area contributed by atoms with Gasteiger partial charge in [-0.25, -0.2) is 9.37 Å². The first-order valence-corrected chi connectivity index (χ1v) is 9.60. The fourth-order valence-corrected chi connectivity index (χ4v) is 3.43. The Bertz CT molecular complexity index is 848. The van der Waals surface area contributed by atoms with Crippen LogP contribution in [-0.4, -0.2) is 58.3 Å². The summed E-state index contributed by atoms with van der Waals surface area (Å²) in [5, 5.41) is 0. The number of amides is 1. The van der Waals surface area contributed by atoms with Gasteiger partial charge in [0.1, 0.15) is 11.5 Å². The largest absolute Gasteiger partial charge is 0.381 e. The lowest BCUT2D eigenvalue weighted by molar-refractivity contribution is -0.0184. The summed E-state index contributed by atoms with van der Waals surface area (Å²) in [6.45, 7) is 7.33. The molecular formula is C21H29FN4O2. The summed E-state index contributed by atoms with van der Waals surface area (Å²) < 4.78 is 22.5. The molecule has 0 aromatic carbocycles. The van der Waals surface area contributed by atoms with Gasteiger partial charge in [0, 0.05) is 69.7 Å². The van der Waals surface area contributed by atoms with Gasteiger partial charge in [-0.1, -0.05) is 20.8 Å². The molecule has 3 rings (SSSR count). The minimum absolute atomic E-state index is 0.116. The first-order chi connectivity index (χ1) is 13.1. The van der Waals surface area contributed by atoms with Crippen molar-refractivity contribution in [3.05, 3.63) is 36.0 Å². The number of halogens is 1. The molecule has 7 heteroatoms. The van der Waals surface area contributed by atoms with E-state index in [9.17, 15) is 4.79 Å². The quantitative estimate of drug-likeness (QED) is 0.805. The molecule has 28 heavy (non-hydrogen) atoms. The van der Waals surface area contributed by atoms with E-state index in [4.69, 9.17) is 9.72 Å². The molecule has 2 aromatic heterocycles. The van der Waals surface area contributed by atoms with Crippen molar-refractivity contribution >= 4 is 5.91 Å². The molecule has 1 aliphatic rings. The number of hydrogen-bond acceptors (Lipinski definition) is 4. The summed E-state index contributed by atoms with van der Waals surface area (Å²) >= 11 is 0. The third-order valence-electron chi connectivity index (χ3n) is 4.98. The molecule has 0 saturated carbocycles. The molecule has 0 N–H and O–H groups in total. The van der Waals surface area contributed by atoms with Crippen LogP contribution in [0.25, 0.3) is 11.3 Å². The maximum atomic E-state index is 15.3. The Hall–Kier alpha value is -2.28. The van der Waals surface area contributed by atoms with Crippen molar-refractivity contribution < 1.29 is 13.9 Å². The lowest BCUT2D eigenvalue weighted by Crippen LogP contribution is -2.37. The van der Waals surface area contributed by atoms with Crippen LogP contribution in [0.1, 0.15) is 49.8 Å². The number of ether oxygens (including phenoxy) is 1. The van der Waals surface area contributed by atoms with E-state index < -0.39 is 5.67 Å². The highest BCUT2D eigenvalue weighted by Gasteiger charge is 2.35. The van der Waals surface area contributed by atoms with E-state index in [1.165, 1.54) is 4.90 Å². The van der Waals surface area contributed by atoms with Gasteiger partial charge in [-0.3, -0.25) is 9.78 Å². The third-order valence-corrected chi connectivity index (χ3v) is 4.98. The highest BCUT2D eigenvalue weighted by molar-refractivity contribution is 5.94. The van der Waals surface area contributed by atoms with Crippen molar-refractivity contribution in [1.29, 1.82) is 0 Å². The van der Waals surface area contributed by atoms with Crippen LogP contribution in [0.15, 0.2) is 24.7 Å². The molecule has 1 fully saturated rings. The van der Waals surface area contributed by atoms with Crippen molar-refractivity contribution in [3.63, 3.8) is 0 Å². The van der Waals surface area contributed by atoms with E-state index in [2.05, 4.69) is 25.8 Å². The van der Waals surface area contributed by atoms with E-state index in [0.717, 1.165) is 11.4 Å². The van der Waals surface area contributed by atoms with Crippen molar-refractivity contribution in [1.82, 2.24) is 19.4 Å². The summed E-state index contributed by atoms with van der Waals surface area (Å²) in [7, 11) is 3.41. The molecule has 0 unspecified atom stereocenters. The molecule has 1 amide bonds. The number of alkyl halides is 1. The van der Waals surface area contributed by atoms with Crippen LogP contribution in [-0.2, 0) is 16.7 Å². The van der Waals surface area contributed by atoms with Gasteiger partial charge in [0.2, 0.25) is 0 Å². The van der Waals surface area contributed by atoms with Crippen LogP contribution >= 0.6 is 0 Å². The monoisotopic (exact) mass is 388 g/mol. The molecule has 0 bridgehead atoms. The molecule has 1 saturated heterocycles. The van der Waals surface area contributed by atoms with Gasteiger partial charge >= 0.3 is 0 Å². The predicted octanol–water partition coefficient (Wildman–Crippen LogP) is 3.46. The number of hydrogen-bond donors (Lipinski definition) is 0. The standard InChI is InChI=1S/C21H29FN4O2/c1-20(2,3)19-24-17(13-26(19)14-21(22)6-8-28-9-7-21)15-10-16(12-23-11-15)18(27)25(4)5/h10-13H,6-9,14H2,1-5H3. The summed E-state index contributed by atoms with van der Waals surface area (Å²) in [6.07, 6.45) is 5.88. The number of rotatable bonds is 4. The molecule has 6 nitrogen and oxygen atoms in total. The number of nitrogens with zero attached hydrogens (tertiary/aromatic N) is 4. The Morgan fingerprint density at radius 3 is 2.57 bits per heavy atom. The van der Waals surface area contributed by atoms with Crippen LogP contribution in [0.5, 0.6) is 0 Å². The summed E-state index contributed by atoms with van der Waals surface area (Å²) in [4.78, 5) is 22.8. The number of imidazole rings is 1. The Morgan fingerprint density at radius 1 is 1.29 bits per heavy atom.